The fourth-order valence-corrected chi connectivity index (χ4v) is 2.77. The van der Waals surface area contributed by atoms with Crippen molar-refractivity contribution in [2.45, 2.75) is 20.0 Å². The number of esters is 1. The van der Waals surface area contributed by atoms with Gasteiger partial charge in [-0.25, -0.2) is 0 Å². The number of ketones is 2. The first kappa shape index (κ1) is 17.5. The van der Waals surface area contributed by atoms with Crippen LogP contribution in [-0.2, 0) is 14.3 Å². The largest absolute Gasteiger partial charge is 0.453 e. The zero-order valence-electron chi connectivity index (χ0n) is 14.4. The molecule has 2 aromatic rings. The van der Waals surface area contributed by atoms with E-state index < -0.39 is 30.3 Å². The third-order valence-electron chi connectivity index (χ3n) is 4.18. The van der Waals surface area contributed by atoms with Crippen molar-refractivity contribution in [2.75, 3.05) is 11.4 Å². The van der Waals surface area contributed by atoms with E-state index in [-0.39, 0.29) is 11.3 Å². The maximum absolute atomic E-state index is 12.3. The highest BCUT2D eigenvalue weighted by atomic mass is 16.5. The molecule has 0 aliphatic carbocycles. The predicted octanol–water partition coefficient (Wildman–Crippen LogP) is 2.34. The van der Waals surface area contributed by atoms with E-state index in [9.17, 15) is 19.2 Å². The van der Waals surface area contributed by atoms with Gasteiger partial charge in [-0.05, 0) is 26.0 Å². The summed E-state index contributed by atoms with van der Waals surface area (Å²) in [6.45, 7) is 2.96. The van der Waals surface area contributed by atoms with Crippen LogP contribution in [0, 0.1) is 6.92 Å². The number of fused-ring (bicyclic) bond motifs is 1. The van der Waals surface area contributed by atoms with Crippen LogP contribution in [0.25, 0.3) is 0 Å². The Labute approximate surface area is 150 Å². The topological polar surface area (TPSA) is 80.8 Å². The number of Topliss-reactive ketones (excluding diaryl/α,β-unsaturated/α-hetero) is 2. The number of carbonyl (C=O) groups is 4. The number of hydrogen-bond donors (Lipinski definition) is 0. The highest BCUT2D eigenvalue weighted by molar-refractivity contribution is 6.52. The zero-order chi connectivity index (χ0) is 18.8. The Kier molecular flexibility index (Phi) is 4.67. The molecule has 0 radical (unpaired) electrons. The van der Waals surface area contributed by atoms with Crippen molar-refractivity contribution in [3.63, 3.8) is 0 Å². The van der Waals surface area contributed by atoms with Crippen LogP contribution in [0.5, 0.6) is 0 Å². The van der Waals surface area contributed by atoms with Crippen LogP contribution in [0.3, 0.4) is 0 Å². The monoisotopic (exact) mass is 351 g/mol. The van der Waals surface area contributed by atoms with Gasteiger partial charge in [0.25, 0.3) is 11.7 Å². The van der Waals surface area contributed by atoms with Crippen LogP contribution < -0.4 is 4.90 Å². The lowest BCUT2D eigenvalue weighted by molar-refractivity contribution is -0.145. The van der Waals surface area contributed by atoms with Crippen molar-refractivity contribution >= 4 is 29.1 Å². The van der Waals surface area contributed by atoms with Gasteiger partial charge in [0, 0.05) is 5.56 Å². The van der Waals surface area contributed by atoms with E-state index in [2.05, 4.69) is 0 Å². The quantitative estimate of drug-likeness (QED) is 0.469. The number of carbonyl (C=O) groups excluding carboxylic acids is 4. The first-order valence-electron chi connectivity index (χ1n) is 8.14. The van der Waals surface area contributed by atoms with E-state index in [1.165, 1.54) is 13.0 Å². The number of ether oxygens (including phenoxy) is 1. The number of rotatable bonds is 5. The van der Waals surface area contributed by atoms with Gasteiger partial charge < -0.3 is 4.74 Å². The molecule has 0 bridgehead atoms. The molecule has 1 atom stereocenters. The molecule has 1 aliphatic rings. The molecule has 1 amide bonds. The summed E-state index contributed by atoms with van der Waals surface area (Å²) in [6, 6.07) is 13.4. The van der Waals surface area contributed by atoms with Gasteiger partial charge in [-0.15, -0.1) is 0 Å². The second-order valence-electron chi connectivity index (χ2n) is 6.10. The molecule has 2 aromatic carbocycles. The van der Waals surface area contributed by atoms with E-state index in [4.69, 9.17) is 4.74 Å². The zero-order valence-corrected chi connectivity index (χ0v) is 14.4. The minimum Gasteiger partial charge on any atom is -0.453 e. The Morgan fingerprint density at radius 2 is 1.69 bits per heavy atom. The van der Waals surface area contributed by atoms with Gasteiger partial charge in [0.1, 0.15) is 6.54 Å². The molecule has 6 nitrogen and oxygen atoms in total. The molecule has 0 aromatic heterocycles. The second kappa shape index (κ2) is 6.92. The molecular weight excluding hydrogens is 334 g/mol. The van der Waals surface area contributed by atoms with E-state index in [0.717, 1.165) is 10.5 Å². The van der Waals surface area contributed by atoms with Gasteiger partial charge in [-0.1, -0.05) is 42.0 Å². The molecule has 3 rings (SSSR count). The lowest BCUT2D eigenvalue weighted by Gasteiger charge is -2.18. The van der Waals surface area contributed by atoms with Crippen molar-refractivity contribution in [1.29, 1.82) is 0 Å². The molecule has 0 unspecified atom stereocenters. The molecule has 1 aliphatic heterocycles. The number of amides is 1. The van der Waals surface area contributed by atoms with Crippen molar-refractivity contribution in [3.8, 4) is 0 Å². The summed E-state index contributed by atoms with van der Waals surface area (Å²) in [5.74, 6) is -2.52. The van der Waals surface area contributed by atoms with E-state index >= 15 is 0 Å². The lowest BCUT2D eigenvalue weighted by Crippen LogP contribution is -2.37. The molecule has 0 fully saturated rings. The Balaban J connectivity index is 1.67. The Morgan fingerprint density at radius 3 is 2.38 bits per heavy atom. The Morgan fingerprint density at radius 1 is 1.04 bits per heavy atom. The lowest BCUT2D eigenvalue weighted by atomic mass is 10.1. The smallest absolute Gasteiger partial charge is 0.326 e. The van der Waals surface area contributed by atoms with Crippen LogP contribution in [0.2, 0.25) is 0 Å². The predicted molar refractivity (Wildman–Crippen MR) is 94.2 cm³/mol. The minimum absolute atomic E-state index is 0.258. The van der Waals surface area contributed by atoms with Gasteiger partial charge in [0.15, 0.2) is 6.10 Å². The normalized spacial score (nSPS) is 14.2. The third-order valence-corrected chi connectivity index (χ3v) is 4.18. The third kappa shape index (κ3) is 3.26. The van der Waals surface area contributed by atoms with Crippen LogP contribution in [0.4, 0.5) is 5.69 Å². The van der Waals surface area contributed by atoms with E-state index in [0.29, 0.717) is 11.3 Å². The molecule has 132 valence electrons. The first-order chi connectivity index (χ1) is 12.4. The molecule has 0 saturated heterocycles. The number of anilines is 1. The first-order valence-corrected chi connectivity index (χ1v) is 8.14. The molecular formula is C20H17NO5. The van der Waals surface area contributed by atoms with Gasteiger partial charge in [-0.3, -0.25) is 24.1 Å². The average Bonchev–Trinajstić information content (AvgIpc) is 2.87. The number of benzene rings is 2. The maximum Gasteiger partial charge on any atom is 0.326 e. The van der Waals surface area contributed by atoms with Crippen molar-refractivity contribution in [1.82, 2.24) is 0 Å². The van der Waals surface area contributed by atoms with E-state index in [1.54, 1.807) is 42.5 Å². The highest BCUT2D eigenvalue weighted by Gasteiger charge is 2.37. The van der Waals surface area contributed by atoms with E-state index in [1.807, 2.05) is 6.92 Å². The SMILES string of the molecule is Cc1ccc(C(=O)[C@H](C)OC(=O)CN2C(=O)C(=O)c3ccccc32)cc1. The van der Waals surface area contributed by atoms with Crippen molar-refractivity contribution in [2.24, 2.45) is 0 Å². The van der Waals surface area contributed by atoms with Crippen LogP contribution in [0.15, 0.2) is 48.5 Å². The van der Waals surface area contributed by atoms with Crippen molar-refractivity contribution < 1.29 is 23.9 Å². The summed E-state index contributed by atoms with van der Waals surface area (Å²) < 4.78 is 5.16. The van der Waals surface area contributed by atoms with Crippen molar-refractivity contribution in [3.05, 3.63) is 65.2 Å². The van der Waals surface area contributed by atoms with Gasteiger partial charge >= 0.3 is 5.97 Å². The minimum atomic E-state index is -0.992. The molecule has 6 heteroatoms. The molecule has 1 heterocycles. The summed E-state index contributed by atoms with van der Waals surface area (Å²) in [7, 11) is 0. The van der Waals surface area contributed by atoms with Crippen LogP contribution in [0.1, 0.15) is 33.2 Å². The Bertz CT molecular complexity index is 901. The summed E-state index contributed by atoms with van der Waals surface area (Å²) in [5.41, 5.74) is 2.08. The summed E-state index contributed by atoms with van der Waals surface area (Å²) in [6.07, 6.45) is -0.992. The second-order valence-corrected chi connectivity index (χ2v) is 6.10. The Hall–Kier alpha value is -3.28. The summed E-state index contributed by atoms with van der Waals surface area (Å²) >= 11 is 0. The van der Waals surface area contributed by atoms with Gasteiger partial charge in [0.2, 0.25) is 5.78 Å². The molecule has 0 N–H and O–H groups in total. The average molecular weight is 351 g/mol. The number of nitrogens with zero attached hydrogens (tertiary/aromatic N) is 1. The fourth-order valence-electron chi connectivity index (χ4n) is 2.77. The molecule has 0 spiro atoms. The highest BCUT2D eigenvalue weighted by Crippen LogP contribution is 2.28. The molecule has 0 saturated carbocycles. The van der Waals surface area contributed by atoms with Crippen LogP contribution >= 0.6 is 0 Å². The van der Waals surface area contributed by atoms with Gasteiger partial charge in [0.05, 0.1) is 11.3 Å². The molecule has 26 heavy (non-hydrogen) atoms. The van der Waals surface area contributed by atoms with Gasteiger partial charge in [-0.2, -0.15) is 0 Å². The standard InChI is InChI=1S/C20H17NO5/c1-12-7-9-14(10-8-12)18(23)13(2)26-17(22)11-21-16-6-4-3-5-15(16)19(24)20(21)25/h3-10,13H,11H2,1-2H3/t13-/m0/s1. The summed E-state index contributed by atoms with van der Waals surface area (Å²) in [5, 5.41) is 0. The number of hydrogen-bond acceptors (Lipinski definition) is 5. The number of aryl methyl sites for hydroxylation is 1. The van der Waals surface area contributed by atoms with Crippen LogP contribution in [-0.4, -0.2) is 36.1 Å². The number of para-hydroxylation sites is 1. The summed E-state index contributed by atoms with van der Waals surface area (Å²) in [4.78, 5) is 49.6. The fraction of sp³-hybridized carbons (Fsp3) is 0.200. The maximum atomic E-state index is 12.3.